The zero-order chi connectivity index (χ0) is 20.1. The smallest absolute Gasteiger partial charge is 0.225 e. The number of anilines is 1. The van der Waals surface area contributed by atoms with Crippen molar-refractivity contribution < 1.29 is 0 Å². The Bertz CT molecular complexity index is 740. The van der Waals surface area contributed by atoms with Gasteiger partial charge in [-0.25, -0.2) is 9.97 Å². The molecule has 0 amide bonds. The minimum Gasteiger partial charge on any atom is -0.341 e. The van der Waals surface area contributed by atoms with Crippen LogP contribution in [0.4, 0.5) is 5.95 Å². The lowest BCUT2D eigenvalue weighted by Crippen LogP contribution is -2.43. The van der Waals surface area contributed by atoms with Crippen LogP contribution in [0.15, 0.2) is 42.7 Å². The maximum atomic E-state index is 4.73. The van der Waals surface area contributed by atoms with Crippen molar-refractivity contribution in [3.63, 3.8) is 0 Å². The summed E-state index contributed by atoms with van der Waals surface area (Å²) < 4.78 is 0. The SMILES string of the molecule is CC1CCCN(c2ncc(CN(Cc3ccccc3)C3CCN(C)CC3)cn2)C1. The molecule has 1 aromatic heterocycles. The average Bonchev–Trinajstić information content (AvgIpc) is 2.75. The van der Waals surface area contributed by atoms with Crippen molar-refractivity contribution in [1.29, 1.82) is 0 Å². The number of benzene rings is 1. The fourth-order valence-corrected chi connectivity index (χ4v) is 4.69. The highest BCUT2D eigenvalue weighted by Gasteiger charge is 2.24. The molecule has 2 aliphatic heterocycles. The molecule has 0 radical (unpaired) electrons. The van der Waals surface area contributed by atoms with Crippen molar-refractivity contribution in [2.75, 3.05) is 38.1 Å². The van der Waals surface area contributed by atoms with E-state index in [2.05, 4.69) is 71.4 Å². The van der Waals surface area contributed by atoms with Crippen LogP contribution in [0, 0.1) is 5.92 Å². The predicted octanol–water partition coefficient (Wildman–Crippen LogP) is 3.81. The summed E-state index contributed by atoms with van der Waals surface area (Å²) in [5.41, 5.74) is 2.60. The standard InChI is InChI=1S/C24H35N5/c1-20-7-6-12-28(17-20)24-25-15-22(16-26-24)19-29(18-21-8-4-3-5-9-21)23-10-13-27(2)14-11-23/h3-5,8-9,15-16,20,23H,6-7,10-14,17-19H2,1-2H3. The summed E-state index contributed by atoms with van der Waals surface area (Å²) in [6, 6.07) is 11.5. The normalized spacial score (nSPS) is 21.6. The second kappa shape index (κ2) is 9.68. The number of hydrogen-bond acceptors (Lipinski definition) is 5. The summed E-state index contributed by atoms with van der Waals surface area (Å²) in [6.45, 7) is 8.75. The lowest BCUT2D eigenvalue weighted by Gasteiger charge is -2.37. The van der Waals surface area contributed by atoms with Crippen LogP contribution in [-0.2, 0) is 13.1 Å². The maximum Gasteiger partial charge on any atom is 0.225 e. The summed E-state index contributed by atoms with van der Waals surface area (Å²) in [5.74, 6) is 1.63. The summed E-state index contributed by atoms with van der Waals surface area (Å²) in [4.78, 5) is 16.9. The summed E-state index contributed by atoms with van der Waals surface area (Å²) >= 11 is 0. The molecule has 4 rings (SSSR count). The first-order chi connectivity index (χ1) is 14.2. The molecular formula is C24H35N5. The van der Waals surface area contributed by atoms with Crippen LogP contribution in [0.3, 0.4) is 0 Å². The third kappa shape index (κ3) is 5.55. The Morgan fingerprint density at radius 2 is 1.62 bits per heavy atom. The average molecular weight is 394 g/mol. The van der Waals surface area contributed by atoms with E-state index in [0.717, 1.165) is 38.0 Å². The Labute approximate surface area is 175 Å². The van der Waals surface area contributed by atoms with Crippen molar-refractivity contribution in [1.82, 2.24) is 19.8 Å². The van der Waals surface area contributed by atoms with Gasteiger partial charge in [-0.1, -0.05) is 37.3 Å². The monoisotopic (exact) mass is 393 g/mol. The Morgan fingerprint density at radius 1 is 0.931 bits per heavy atom. The summed E-state index contributed by atoms with van der Waals surface area (Å²) in [5, 5.41) is 0. The second-order valence-electron chi connectivity index (χ2n) is 9.01. The van der Waals surface area contributed by atoms with E-state index in [0.29, 0.717) is 6.04 Å². The van der Waals surface area contributed by atoms with Crippen molar-refractivity contribution in [3.05, 3.63) is 53.9 Å². The Hall–Kier alpha value is -1.98. The van der Waals surface area contributed by atoms with Crippen LogP contribution in [0.5, 0.6) is 0 Å². The van der Waals surface area contributed by atoms with Crippen LogP contribution in [0.25, 0.3) is 0 Å². The molecule has 0 aliphatic carbocycles. The van der Waals surface area contributed by atoms with Crippen molar-refractivity contribution in [2.24, 2.45) is 5.92 Å². The first-order valence-electron chi connectivity index (χ1n) is 11.2. The highest BCUT2D eigenvalue weighted by atomic mass is 15.3. The summed E-state index contributed by atoms with van der Waals surface area (Å²) in [7, 11) is 2.23. The van der Waals surface area contributed by atoms with Gasteiger partial charge in [-0.3, -0.25) is 4.90 Å². The number of nitrogens with zero attached hydrogens (tertiary/aromatic N) is 5. The number of likely N-dealkylation sites (tertiary alicyclic amines) is 1. The van der Waals surface area contributed by atoms with E-state index in [1.807, 2.05) is 0 Å². The van der Waals surface area contributed by atoms with Gasteiger partial charge in [0.1, 0.15) is 0 Å². The number of hydrogen-bond donors (Lipinski definition) is 0. The van der Waals surface area contributed by atoms with Gasteiger partial charge in [0.2, 0.25) is 5.95 Å². The largest absolute Gasteiger partial charge is 0.341 e. The molecule has 5 heteroatoms. The van der Waals surface area contributed by atoms with E-state index in [-0.39, 0.29) is 0 Å². The molecule has 29 heavy (non-hydrogen) atoms. The van der Waals surface area contributed by atoms with Gasteiger partial charge >= 0.3 is 0 Å². The third-order valence-electron chi connectivity index (χ3n) is 6.45. The van der Waals surface area contributed by atoms with Gasteiger partial charge in [0.25, 0.3) is 0 Å². The first kappa shape index (κ1) is 20.3. The number of rotatable bonds is 6. The van der Waals surface area contributed by atoms with Crippen LogP contribution in [0.1, 0.15) is 43.7 Å². The molecule has 3 heterocycles. The quantitative estimate of drug-likeness (QED) is 0.746. The summed E-state index contributed by atoms with van der Waals surface area (Å²) in [6.07, 6.45) is 9.12. The van der Waals surface area contributed by atoms with Crippen LogP contribution in [0.2, 0.25) is 0 Å². The molecule has 0 spiro atoms. The molecule has 2 saturated heterocycles. The Kier molecular flexibility index (Phi) is 6.78. The van der Waals surface area contributed by atoms with Gasteiger partial charge < -0.3 is 9.80 Å². The zero-order valence-electron chi connectivity index (χ0n) is 18.0. The van der Waals surface area contributed by atoms with Gasteiger partial charge in [0.05, 0.1) is 0 Å². The van der Waals surface area contributed by atoms with Crippen LogP contribution < -0.4 is 4.90 Å². The molecule has 0 bridgehead atoms. The van der Waals surface area contributed by atoms with E-state index in [1.165, 1.54) is 49.9 Å². The minimum atomic E-state index is 0.619. The van der Waals surface area contributed by atoms with Gasteiger partial charge in [0, 0.05) is 50.2 Å². The van der Waals surface area contributed by atoms with E-state index in [9.17, 15) is 0 Å². The van der Waals surface area contributed by atoms with Crippen LogP contribution >= 0.6 is 0 Å². The zero-order valence-corrected chi connectivity index (χ0v) is 18.0. The maximum absolute atomic E-state index is 4.73. The molecule has 2 fully saturated rings. The molecule has 2 aliphatic rings. The van der Waals surface area contributed by atoms with Crippen molar-refractivity contribution in [2.45, 2.75) is 51.7 Å². The molecule has 1 unspecified atom stereocenters. The third-order valence-corrected chi connectivity index (χ3v) is 6.45. The molecule has 0 N–H and O–H groups in total. The van der Waals surface area contributed by atoms with Crippen LogP contribution in [-0.4, -0.2) is 59.0 Å². The van der Waals surface area contributed by atoms with Crippen molar-refractivity contribution >= 4 is 5.95 Å². The van der Waals surface area contributed by atoms with Gasteiger partial charge in [-0.2, -0.15) is 0 Å². The van der Waals surface area contributed by atoms with Gasteiger partial charge in [-0.15, -0.1) is 0 Å². The molecule has 1 aromatic carbocycles. The highest BCUT2D eigenvalue weighted by molar-refractivity contribution is 5.30. The van der Waals surface area contributed by atoms with Gasteiger partial charge in [-0.05, 0) is 57.3 Å². The fourth-order valence-electron chi connectivity index (χ4n) is 4.69. The minimum absolute atomic E-state index is 0.619. The number of aromatic nitrogens is 2. The lowest BCUT2D eigenvalue weighted by atomic mass is 10.0. The molecule has 5 nitrogen and oxygen atoms in total. The van der Waals surface area contributed by atoms with E-state index >= 15 is 0 Å². The molecule has 2 aromatic rings. The lowest BCUT2D eigenvalue weighted by molar-refractivity contribution is 0.108. The van der Waals surface area contributed by atoms with E-state index < -0.39 is 0 Å². The van der Waals surface area contributed by atoms with Gasteiger partial charge in [0.15, 0.2) is 0 Å². The number of piperidine rings is 2. The Morgan fingerprint density at radius 3 is 2.31 bits per heavy atom. The predicted molar refractivity (Wildman–Crippen MR) is 119 cm³/mol. The van der Waals surface area contributed by atoms with E-state index in [4.69, 9.17) is 9.97 Å². The highest BCUT2D eigenvalue weighted by Crippen LogP contribution is 2.22. The molecule has 156 valence electrons. The molecule has 0 saturated carbocycles. The topological polar surface area (TPSA) is 35.5 Å². The second-order valence-corrected chi connectivity index (χ2v) is 9.01. The Balaban J connectivity index is 1.45. The first-order valence-corrected chi connectivity index (χ1v) is 11.2. The fraction of sp³-hybridized carbons (Fsp3) is 0.583. The molecular weight excluding hydrogens is 358 g/mol. The molecule has 1 atom stereocenters. The van der Waals surface area contributed by atoms with Crippen molar-refractivity contribution in [3.8, 4) is 0 Å². The van der Waals surface area contributed by atoms with E-state index in [1.54, 1.807) is 0 Å².